The summed E-state index contributed by atoms with van der Waals surface area (Å²) < 4.78 is 17.6. The van der Waals surface area contributed by atoms with Crippen LogP contribution in [0.4, 0.5) is 5.82 Å². The Morgan fingerprint density at radius 3 is 2.77 bits per heavy atom. The van der Waals surface area contributed by atoms with E-state index >= 15 is 0 Å². The van der Waals surface area contributed by atoms with Crippen LogP contribution >= 0.6 is 0 Å². The Balaban J connectivity index is 1.14. The van der Waals surface area contributed by atoms with Gasteiger partial charge in [0, 0.05) is 51.0 Å². The summed E-state index contributed by atoms with van der Waals surface area (Å²) in [6.07, 6.45) is 7.74. The molecule has 9 heteroatoms. The summed E-state index contributed by atoms with van der Waals surface area (Å²) in [4.78, 5) is 24.2. The van der Waals surface area contributed by atoms with E-state index in [2.05, 4.69) is 51.8 Å². The molecule has 3 aliphatic heterocycles. The molecule has 3 fully saturated rings. The van der Waals surface area contributed by atoms with Crippen LogP contribution in [0.15, 0.2) is 30.6 Å². The van der Waals surface area contributed by atoms with Gasteiger partial charge in [-0.2, -0.15) is 0 Å². The fourth-order valence-corrected chi connectivity index (χ4v) is 6.06. The van der Waals surface area contributed by atoms with Crippen LogP contribution in [-0.4, -0.2) is 85.0 Å². The van der Waals surface area contributed by atoms with Crippen LogP contribution in [0.3, 0.4) is 0 Å². The highest BCUT2D eigenvalue weighted by Gasteiger charge is 2.31. The highest BCUT2D eigenvalue weighted by Crippen LogP contribution is 2.32. The van der Waals surface area contributed by atoms with Gasteiger partial charge >= 0.3 is 0 Å². The Morgan fingerprint density at radius 2 is 1.97 bits per heavy atom. The molecule has 1 aromatic heterocycles. The minimum Gasteiger partial charge on any atom is -0.379 e. The first-order chi connectivity index (χ1) is 19.0. The SMILES string of the molecule is CO[C@@H]1COCC[C@@H]1NC1CCN(C(=O)c2ncnc(NCC3CCC[C@@H](c4cccc(C)c4)O3)c2C)CC1. The number of hydrogen-bond donors (Lipinski definition) is 2. The van der Waals surface area contributed by atoms with Gasteiger partial charge in [-0.1, -0.05) is 29.8 Å². The molecule has 2 N–H and O–H groups in total. The number of amides is 1. The van der Waals surface area contributed by atoms with Gasteiger partial charge in [0.15, 0.2) is 0 Å². The molecule has 0 saturated carbocycles. The fraction of sp³-hybridized carbons (Fsp3) is 0.633. The molecule has 2 aromatic rings. The number of nitrogens with zero attached hydrogens (tertiary/aromatic N) is 3. The van der Waals surface area contributed by atoms with Gasteiger partial charge in [-0.25, -0.2) is 9.97 Å². The van der Waals surface area contributed by atoms with E-state index < -0.39 is 0 Å². The molecule has 1 unspecified atom stereocenters. The van der Waals surface area contributed by atoms with Gasteiger partial charge in [0.1, 0.15) is 17.8 Å². The van der Waals surface area contributed by atoms with Crippen LogP contribution in [0.25, 0.3) is 0 Å². The van der Waals surface area contributed by atoms with Gasteiger partial charge < -0.3 is 29.7 Å². The van der Waals surface area contributed by atoms with Crippen molar-refractivity contribution < 1.29 is 19.0 Å². The zero-order valence-corrected chi connectivity index (χ0v) is 23.5. The molecule has 3 aliphatic rings. The van der Waals surface area contributed by atoms with E-state index in [4.69, 9.17) is 14.2 Å². The number of carbonyl (C=O) groups is 1. The Labute approximate surface area is 232 Å². The number of aryl methyl sites for hydroxylation is 1. The van der Waals surface area contributed by atoms with Crippen molar-refractivity contribution >= 4 is 11.7 Å². The van der Waals surface area contributed by atoms with Crippen LogP contribution in [0.1, 0.15) is 71.8 Å². The maximum Gasteiger partial charge on any atom is 0.272 e. The summed E-state index contributed by atoms with van der Waals surface area (Å²) in [5, 5.41) is 7.20. The molecule has 0 aliphatic carbocycles. The molecule has 1 aromatic carbocycles. The molecule has 212 valence electrons. The van der Waals surface area contributed by atoms with Crippen molar-refractivity contribution in [3.8, 4) is 0 Å². The van der Waals surface area contributed by atoms with E-state index in [1.165, 1.54) is 17.5 Å². The van der Waals surface area contributed by atoms with Crippen molar-refractivity contribution in [2.75, 3.05) is 45.3 Å². The molecule has 39 heavy (non-hydrogen) atoms. The third-order valence-corrected chi connectivity index (χ3v) is 8.39. The Bertz CT molecular complexity index is 1110. The lowest BCUT2D eigenvalue weighted by molar-refractivity contribution is -0.0533. The van der Waals surface area contributed by atoms with Crippen molar-refractivity contribution in [2.45, 2.75) is 82.8 Å². The smallest absolute Gasteiger partial charge is 0.272 e. The number of benzene rings is 1. The number of likely N-dealkylation sites (tertiary alicyclic amines) is 1. The molecular weight excluding hydrogens is 494 g/mol. The number of hydrogen-bond acceptors (Lipinski definition) is 8. The van der Waals surface area contributed by atoms with Gasteiger partial charge in [0.05, 0.1) is 24.9 Å². The number of piperidine rings is 1. The minimum absolute atomic E-state index is 0.0225. The van der Waals surface area contributed by atoms with Crippen molar-refractivity contribution in [3.05, 3.63) is 53.0 Å². The summed E-state index contributed by atoms with van der Waals surface area (Å²) in [5.74, 6) is 0.682. The van der Waals surface area contributed by atoms with Gasteiger partial charge in [-0.05, 0) is 57.9 Å². The second-order valence-electron chi connectivity index (χ2n) is 11.1. The second kappa shape index (κ2) is 13.2. The Kier molecular flexibility index (Phi) is 9.45. The lowest BCUT2D eigenvalue weighted by Gasteiger charge is -2.38. The molecule has 0 spiro atoms. The van der Waals surface area contributed by atoms with Crippen LogP contribution in [0, 0.1) is 13.8 Å². The average Bonchev–Trinajstić information content (AvgIpc) is 2.97. The summed E-state index contributed by atoms with van der Waals surface area (Å²) in [7, 11) is 1.74. The number of rotatable bonds is 8. The summed E-state index contributed by atoms with van der Waals surface area (Å²) >= 11 is 0. The van der Waals surface area contributed by atoms with Crippen molar-refractivity contribution in [1.29, 1.82) is 0 Å². The quantitative estimate of drug-likeness (QED) is 0.525. The van der Waals surface area contributed by atoms with E-state index in [9.17, 15) is 4.79 Å². The lowest BCUT2D eigenvalue weighted by Crippen LogP contribution is -2.54. The zero-order chi connectivity index (χ0) is 27.2. The number of aromatic nitrogens is 2. The number of anilines is 1. The first-order valence-electron chi connectivity index (χ1n) is 14.4. The van der Waals surface area contributed by atoms with Gasteiger partial charge in [-0.3, -0.25) is 4.79 Å². The Hall–Kier alpha value is -2.59. The average molecular weight is 538 g/mol. The normalized spacial score (nSPS) is 26.4. The lowest BCUT2D eigenvalue weighted by atomic mass is 9.97. The molecule has 5 rings (SSSR count). The van der Waals surface area contributed by atoms with Crippen molar-refractivity contribution in [1.82, 2.24) is 20.2 Å². The van der Waals surface area contributed by atoms with E-state index in [0.717, 1.165) is 50.7 Å². The number of nitrogens with one attached hydrogen (secondary N) is 2. The van der Waals surface area contributed by atoms with Gasteiger partial charge in [0.2, 0.25) is 0 Å². The number of carbonyl (C=O) groups excluding carboxylic acids is 1. The molecule has 3 saturated heterocycles. The maximum atomic E-state index is 13.4. The minimum atomic E-state index is -0.0225. The van der Waals surface area contributed by atoms with Gasteiger partial charge in [-0.15, -0.1) is 0 Å². The molecular formula is C30H43N5O4. The molecule has 0 bridgehead atoms. The predicted molar refractivity (Wildman–Crippen MR) is 150 cm³/mol. The Morgan fingerprint density at radius 1 is 1.13 bits per heavy atom. The highest BCUT2D eigenvalue weighted by atomic mass is 16.5. The third-order valence-electron chi connectivity index (χ3n) is 8.39. The summed E-state index contributed by atoms with van der Waals surface area (Å²) in [6.45, 7) is 7.51. The molecule has 9 nitrogen and oxygen atoms in total. The zero-order valence-electron chi connectivity index (χ0n) is 23.5. The number of methoxy groups -OCH3 is 1. The largest absolute Gasteiger partial charge is 0.379 e. The van der Waals surface area contributed by atoms with E-state index in [1.807, 2.05) is 11.8 Å². The summed E-state index contributed by atoms with van der Waals surface area (Å²) in [5.41, 5.74) is 3.77. The number of ether oxygens (including phenoxy) is 3. The van der Waals surface area contributed by atoms with E-state index in [0.29, 0.717) is 49.8 Å². The second-order valence-corrected chi connectivity index (χ2v) is 11.1. The first kappa shape index (κ1) is 28.0. The molecule has 1 amide bonds. The molecule has 4 heterocycles. The maximum absolute atomic E-state index is 13.4. The van der Waals surface area contributed by atoms with Crippen molar-refractivity contribution in [3.63, 3.8) is 0 Å². The monoisotopic (exact) mass is 537 g/mol. The van der Waals surface area contributed by atoms with Crippen LogP contribution in [0.2, 0.25) is 0 Å². The van der Waals surface area contributed by atoms with E-state index in [1.54, 1.807) is 7.11 Å². The molecule has 0 radical (unpaired) electrons. The predicted octanol–water partition coefficient (Wildman–Crippen LogP) is 3.81. The van der Waals surface area contributed by atoms with E-state index in [-0.39, 0.29) is 24.2 Å². The highest BCUT2D eigenvalue weighted by molar-refractivity contribution is 5.94. The summed E-state index contributed by atoms with van der Waals surface area (Å²) in [6, 6.07) is 9.26. The molecule has 4 atom stereocenters. The fourth-order valence-electron chi connectivity index (χ4n) is 6.06. The van der Waals surface area contributed by atoms with Gasteiger partial charge in [0.25, 0.3) is 5.91 Å². The van der Waals surface area contributed by atoms with Crippen LogP contribution in [-0.2, 0) is 14.2 Å². The standard InChI is InChI=1S/C30H43N5O4/c1-20-6-4-7-22(16-20)26-9-5-8-24(39-26)17-31-29-21(2)28(32-19-33-29)30(36)35-13-10-23(11-14-35)34-25-12-15-38-18-27(25)37-3/h4,6-7,16,19,23-27,34H,5,8-15,17-18H2,1-3H3,(H,31,32,33)/t24?,25-,26-,27+/m0/s1. The van der Waals surface area contributed by atoms with Crippen LogP contribution < -0.4 is 10.6 Å². The van der Waals surface area contributed by atoms with Crippen molar-refractivity contribution in [2.24, 2.45) is 0 Å². The van der Waals surface area contributed by atoms with Crippen LogP contribution in [0.5, 0.6) is 0 Å². The third kappa shape index (κ3) is 6.95. The topological polar surface area (TPSA) is 97.8 Å². The first-order valence-corrected chi connectivity index (χ1v) is 14.4.